The SMILES string of the molecule is CSCCC(NS(=O)(=O)c1ccc(C)cc1)C(=O)Nc1cc(C(C)(C)C)[nH]n1. The van der Waals surface area contributed by atoms with Crippen LogP contribution in [-0.4, -0.2) is 42.6 Å². The molecule has 0 aliphatic carbocycles. The molecule has 2 rings (SSSR count). The number of aromatic amines is 1. The van der Waals surface area contributed by atoms with Gasteiger partial charge in [0.05, 0.1) is 4.90 Å². The third-order valence-corrected chi connectivity index (χ3v) is 6.32. The Bertz CT molecular complexity index is 900. The molecule has 1 aromatic heterocycles. The maximum absolute atomic E-state index is 12.7. The number of sulfonamides is 1. The predicted molar refractivity (Wildman–Crippen MR) is 114 cm³/mol. The summed E-state index contributed by atoms with van der Waals surface area (Å²) in [7, 11) is -3.81. The van der Waals surface area contributed by atoms with Gasteiger partial charge in [0, 0.05) is 17.2 Å². The van der Waals surface area contributed by atoms with Crippen molar-refractivity contribution in [2.45, 2.75) is 50.5 Å². The number of rotatable bonds is 8. The molecule has 3 N–H and O–H groups in total. The zero-order chi connectivity index (χ0) is 20.9. The first-order valence-electron chi connectivity index (χ1n) is 8.97. The first kappa shape index (κ1) is 22.4. The highest BCUT2D eigenvalue weighted by atomic mass is 32.2. The minimum Gasteiger partial charge on any atom is -0.308 e. The van der Waals surface area contributed by atoms with Crippen molar-refractivity contribution in [1.29, 1.82) is 0 Å². The van der Waals surface area contributed by atoms with E-state index in [9.17, 15) is 13.2 Å². The number of aromatic nitrogens is 2. The van der Waals surface area contributed by atoms with Crippen LogP contribution in [0.15, 0.2) is 35.2 Å². The molecule has 1 aromatic carbocycles. The average Bonchev–Trinajstić information content (AvgIpc) is 3.07. The Morgan fingerprint density at radius 3 is 2.43 bits per heavy atom. The Morgan fingerprint density at radius 2 is 1.89 bits per heavy atom. The van der Waals surface area contributed by atoms with Crippen LogP contribution in [0.2, 0.25) is 0 Å². The van der Waals surface area contributed by atoms with Gasteiger partial charge in [-0.2, -0.15) is 21.6 Å². The summed E-state index contributed by atoms with van der Waals surface area (Å²) in [5.41, 5.74) is 1.70. The van der Waals surface area contributed by atoms with Gasteiger partial charge in [-0.3, -0.25) is 9.89 Å². The molecule has 0 bridgehead atoms. The van der Waals surface area contributed by atoms with E-state index in [-0.39, 0.29) is 10.3 Å². The summed E-state index contributed by atoms with van der Waals surface area (Å²) < 4.78 is 27.9. The van der Waals surface area contributed by atoms with Crippen LogP contribution in [0, 0.1) is 6.92 Å². The van der Waals surface area contributed by atoms with Gasteiger partial charge in [-0.1, -0.05) is 38.5 Å². The minimum atomic E-state index is -3.81. The van der Waals surface area contributed by atoms with Crippen molar-refractivity contribution < 1.29 is 13.2 Å². The summed E-state index contributed by atoms with van der Waals surface area (Å²) in [6, 6.07) is 7.38. The fourth-order valence-electron chi connectivity index (χ4n) is 2.44. The Morgan fingerprint density at radius 1 is 1.25 bits per heavy atom. The third kappa shape index (κ3) is 6.08. The highest BCUT2D eigenvalue weighted by Crippen LogP contribution is 2.22. The van der Waals surface area contributed by atoms with Crippen molar-refractivity contribution in [3.8, 4) is 0 Å². The summed E-state index contributed by atoms with van der Waals surface area (Å²) in [5.74, 6) is 0.581. The first-order chi connectivity index (χ1) is 13.0. The molecule has 7 nitrogen and oxygen atoms in total. The number of anilines is 1. The molecular weight excluding hydrogens is 396 g/mol. The second-order valence-electron chi connectivity index (χ2n) is 7.67. The first-order valence-corrected chi connectivity index (χ1v) is 11.9. The molecule has 1 heterocycles. The molecule has 28 heavy (non-hydrogen) atoms. The van der Waals surface area contributed by atoms with Crippen molar-refractivity contribution in [1.82, 2.24) is 14.9 Å². The van der Waals surface area contributed by atoms with E-state index in [0.717, 1.165) is 11.3 Å². The van der Waals surface area contributed by atoms with Crippen LogP contribution in [0.5, 0.6) is 0 Å². The van der Waals surface area contributed by atoms with Gasteiger partial charge in [-0.25, -0.2) is 8.42 Å². The number of nitrogens with zero attached hydrogens (tertiary/aromatic N) is 1. The largest absolute Gasteiger partial charge is 0.308 e. The zero-order valence-corrected chi connectivity index (χ0v) is 18.5. The maximum Gasteiger partial charge on any atom is 0.243 e. The second-order valence-corrected chi connectivity index (χ2v) is 10.4. The number of thioether (sulfide) groups is 1. The molecule has 0 aliphatic rings. The van der Waals surface area contributed by atoms with Gasteiger partial charge in [-0.05, 0) is 37.5 Å². The predicted octanol–water partition coefficient (Wildman–Crippen LogP) is 3.05. The fourth-order valence-corrected chi connectivity index (χ4v) is 4.14. The van der Waals surface area contributed by atoms with Gasteiger partial charge < -0.3 is 5.32 Å². The van der Waals surface area contributed by atoms with Crippen LogP contribution < -0.4 is 10.0 Å². The quantitative estimate of drug-likeness (QED) is 0.604. The van der Waals surface area contributed by atoms with Gasteiger partial charge in [0.2, 0.25) is 15.9 Å². The Labute approximate surface area is 171 Å². The molecule has 0 spiro atoms. The number of carbonyl (C=O) groups excluding carboxylic acids is 1. The molecule has 0 aliphatic heterocycles. The Kier molecular flexibility index (Phi) is 7.30. The lowest BCUT2D eigenvalue weighted by Crippen LogP contribution is -2.44. The van der Waals surface area contributed by atoms with Crippen molar-refractivity contribution >= 4 is 33.5 Å². The van der Waals surface area contributed by atoms with Crippen LogP contribution in [-0.2, 0) is 20.2 Å². The van der Waals surface area contributed by atoms with E-state index in [1.54, 1.807) is 30.0 Å². The fraction of sp³-hybridized carbons (Fsp3) is 0.474. The number of hydrogen-bond acceptors (Lipinski definition) is 5. The molecule has 1 atom stereocenters. The minimum absolute atomic E-state index is 0.134. The lowest BCUT2D eigenvalue weighted by Gasteiger charge is -2.18. The monoisotopic (exact) mass is 424 g/mol. The smallest absolute Gasteiger partial charge is 0.243 e. The standard InChI is InChI=1S/C19H28N4O3S2/c1-13-6-8-14(9-7-13)28(25,26)23-15(10-11-27-5)18(24)20-17-12-16(21-22-17)19(2,3)4/h6-9,12,15,23H,10-11H2,1-5H3,(H2,20,21,22,24). The van der Waals surface area contributed by atoms with E-state index in [1.807, 2.05) is 34.0 Å². The summed E-state index contributed by atoms with van der Waals surface area (Å²) in [6.45, 7) is 7.98. The van der Waals surface area contributed by atoms with Crippen molar-refractivity contribution in [3.05, 3.63) is 41.6 Å². The van der Waals surface area contributed by atoms with Gasteiger partial charge in [-0.15, -0.1) is 0 Å². The van der Waals surface area contributed by atoms with Crippen LogP contribution in [0.4, 0.5) is 5.82 Å². The van der Waals surface area contributed by atoms with Crippen LogP contribution in [0.3, 0.4) is 0 Å². The Hall–Kier alpha value is -1.84. The van der Waals surface area contributed by atoms with Gasteiger partial charge in [0.1, 0.15) is 6.04 Å². The number of hydrogen-bond donors (Lipinski definition) is 3. The average molecular weight is 425 g/mol. The van der Waals surface area contributed by atoms with E-state index in [1.165, 1.54) is 12.1 Å². The lowest BCUT2D eigenvalue weighted by atomic mass is 9.92. The summed E-state index contributed by atoms with van der Waals surface area (Å²) >= 11 is 1.55. The van der Waals surface area contributed by atoms with E-state index in [4.69, 9.17) is 0 Å². The molecule has 0 radical (unpaired) electrons. The van der Waals surface area contributed by atoms with Gasteiger partial charge in [0.15, 0.2) is 5.82 Å². The van der Waals surface area contributed by atoms with E-state index >= 15 is 0 Å². The molecule has 154 valence electrons. The molecule has 0 saturated heterocycles. The Balaban J connectivity index is 2.16. The van der Waals surface area contributed by atoms with Gasteiger partial charge >= 0.3 is 0 Å². The van der Waals surface area contributed by atoms with Crippen LogP contribution in [0.1, 0.15) is 38.4 Å². The summed E-state index contributed by atoms with van der Waals surface area (Å²) in [5, 5.41) is 9.72. The number of aryl methyl sites for hydroxylation is 1. The number of carbonyl (C=O) groups is 1. The highest BCUT2D eigenvalue weighted by Gasteiger charge is 2.26. The normalized spacial score (nSPS) is 13.3. The summed E-state index contributed by atoms with van der Waals surface area (Å²) in [4.78, 5) is 12.9. The van der Waals surface area contributed by atoms with Crippen molar-refractivity contribution in [2.75, 3.05) is 17.3 Å². The number of amides is 1. The molecule has 1 unspecified atom stereocenters. The molecule has 9 heteroatoms. The number of nitrogens with one attached hydrogen (secondary N) is 3. The van der Waals surface area contributed by atoms with Crippen LogP contribution >= 0.6 is 11.8 Å². The molecular formula is C19H28N4O3S2. The molecule has 1 amide bonds. The lowest BCUT2D eigenvalue weighted by molar-refractivity contribution is -0.117. The molecule has 0 saturated carbocycles. The van der Waals surface area contributed by atoms with E-state index in [2.05, 4.69) is 20.2 Å². The zero-order valence-electron chi connectivity index (χ0n) is 16.9. The second kappa shape index (κ2) is 9.11. The van der Waals surface area contributed by atoms with Crippen molar-refractivity contribution in [3.63, 3.8) is 0 Å². The van der Waals surface area contributed by atoms with E-state index < -0.39 is 22.0 Å². The van der Waals surface area contributed by atoms with Crippen molar-refractivity contribution in [2.24, 2.45) is 0 Å². The highest BCUT2D eigenvalue weighted by molar-refractivity contribution is 7.98. The maximum atomic E-state index is 12.7. The van der Waals surface area contributed by atoms with Crippen LogP contribution in [0.25, 0.3) is 0 Å². The molecule has 2 aromatic rings. The van der Waals surface area contributed by atoms with E-state index in [0.29, 0.717) is 18.0 Å². The summed E-state index contributed by atoms with van der Waals surface area (Å²) in [6.07, 6.45) is 2.28. The van der Waals surface area contributed by atoms with Gasteiger partial charge in [0.25, 0.3) is 0 Å². The number of benzene rings is 1. The number of H-pyrrole nitrogens is 1. The third-order valence-electron chi connectivity index (χ3n) is 4.19. The topological polar surface area (TPSA) is 104 Å². The molecule has 0 fully saturated rings.